The van der Waals surface area contributed by atoms with E-state index in [1.807, 2.05) is 0 Å². The summed E-state index contributed by atoms with van der Waals surface area (Å²) in [4.78, 5) is 15.7. The molecule has 0 saturated carbocycles. The van der Waals surface area contributed by atoms with E-state index in [1.54, 1.807) is 24.4 Å². The van der Waals surface area contributed by atoms with Crippen molar-refractivity contribution in [1.82, 2.24) is 15.8 Å². The zero-order valence-electron chi connectivity index (χ0n) is 9.31. The lowest BCUT2D eigenvalue weighted by atomic mass is 10.3. The lowest BCUT2D eigenvalue weighted by Crippen LogP contribution is -2.35. The van der Waals surface area contributed by atoms with Gasteiger partial charge in [-0.1, -0.05) is 6.58 Å². The molecule has 2 heterocycles. The van der Waals surface area contributed by atoms with Crippen molar-refractivity contribution in [3.63, 3.8) is 0 Å². The van der Waals surface area contributed by atoms with E-state index >= 15 is 0 Å². The van der Waals surface area contributed by atoms with Crippen molar-refractivity contribution in [1.29, 1.82) is 0 Å². The lowest BCUT2D eigenvalue weighted by Gasteiger charge is -2.08. The number of amides is 1. The smallest absolute Gasteiger partial charge is 0.271 e. The fourth-order valence-electron chi connectivity index (χ4n) is 1.25. The Labute approximate surface area is 112 Å². The third-order valence-corrected chi connectivity index (χ3v) is 2.55. The Bertz CT molecular complexity index is 566. The standard InChI is InChI=1S/C12H10BrN3O2/c1-8(11-3-2-4-18-11)15-16-12(17)9-5-10(13)7-14-6-9/h2-7,15H,1H2,(H,16,17). The first-order valence-electron chi connectivity index (χ1n) is 5.06. The second kappa shape index (κ2) is 5.50. The van der Waals surface area contributed by atoms with Gasteiger partial charge in [0.05, 0.1) is 17.5 Å². The van der Waals surface area contributed by atoms with Crippen molar-refractivity contribution in [2.45, 2.75) is 0 Å². The van der Waals surface area contributed by atoms with Crippen LogP contribution in [0.15, 0.2) is 52.3 Å². The molecule has 2 N–H and O–H groups in total. The van der Waals surface area contributed by atoms with E-state index in [0.29, 0.717) is 17.0 Å². The largest absolute Gasteiger partial charge is 0.463 e. The first-order chi connectivity index (χ1) is 8.66. The van der Waals surface area contributed by atoms with Crippen LogP contribution in [0, 0.1) is 0 Å². The molecule has 0 fully saturated rings. The van der Waals surface area contributed by atoms with E-state index in [1.165, 1.54) is 12.5 Å². The number of carbonyl (C=O) groups is 1. The van der Waals surface area contributed by atoms with Gasteiger partial charge in [-0.15, -0.1) is 0 Å². The SMILES string of the molecule is C=C(NNC(=O)c1cncc(Br)c1)c1ccco1. The predicted molar refractivity (Wildman–Crippen MR) is 70.3 cm³/mol. The van der Waals surface area contributed by atoms with E-state index < -0.39 is 0 Å². The topological polar surface area (TPSA) is 67.2 Å². The molecule has 0 aliphatic carbocycles. The normalized spacial score (nSPS) is 9.83. The number of hydrazine groups is 1. The summed E-state index contributed by atoms with van der Waals surface area (Å²) in [7, 11) is 0. The Morgan fingerprint density at radius 3 is 2.89 bits per heavy atom. The second-order valence-corrected chi connectivity index (χ2v) is 4.34. The van der Waals surface area contributed by atoms with Gasteiger partial charge in [0.15, 0.2) is 5.76 Å². The molecule has 0 aromatic carbocycles. The average Bonchev–Trinajstić information content (AvgIpc) is 2.89. The van der Waals surface area contributed by atoms with E-state index in [0.717, 1.165) is 4.47 Å². The first kappa shape index (κ1) is 12.4. The van der Waals surface area contributed by atoms with Crippen molar-refractivity contribution >= 4 is 27.5 Å². The predicted octanol–water partition coefficient (Wildman–Crippen LogP) is 2.34. The molecular formula is C12H10BrN3O2. The minimum Gasteiger partial charge on any atom is -0.463 e. The minimum absolute atomic E-state index is 0.309. The molecule has 0 bridgehead atoms. The highest BCUT2D eigenvalue weighted by Gasteiger charge is 2.07. The Balaban J connectivity index is 1.95. The van der Waals surface area contributed by atoms with Crippen LogP contribution in [0.5, 0.6) is 0 Å². The molecule has 0 unspecified atom stereocenters. The molecule has 0 aliphatic rings. The van der Waals surface area contributed by atoms with Gasteiger partial charge >= 0.3 is 0 Å². The number of nitrogens with zero attached hydrogens (tertiary/aromatic N) is 1. The van der Waals surface area contributed by atoms with Crippen LogP contribution in [-0.4, -0.2) is 10.9 Å². The average molecular weight is 308 g/mol. The summed E-state index contributed by atoms with van der Waals surface area (Å²) in [6.45, 7) is 3.74. The van der Waals surface area contributed by atoms with Gasteiger partial charge in [-0.25, -0.2) is 0 Å². The highest BCUT2D eigenvalue weighted by molar-refractivity contribution is 9.10. The maximum absolute atomic E-state index is 11.8. The van der Waals surface area contributed by atoms with Crippen LogP contribution in [0.2, 0.25) is 0 Å². The van der Waals surface area contributed by atoms with E-state index in [2.05, 4.69) is 38.3 Å². The fourth-order valence-corrected chi connectivity index (χ4v) is 1.62. The minimum atomic E-state index is -0.309. The molecule has 2 rings (SSSR count). The summed E-state index contributed by atoms with van der Waals surface area (Å²) in [5.74, 6) is 0.249. The summed E-state index contributed by atoms with van der Waals surface area (Å²) in [5.41, 5.74) is 6.08. The summed E-state index contributed by atoms with van der Waals surface area (Å²) in [6, 6.07) is 5.14. The number of aromatic nitrogens is 1. The maximum atomic E-state index is 11.8. The molecule has 1 amide bonds. The zero-order valence-corrected chi connectivity index (χ0v) is 10.9. The molecule has 0 spiro atoms. The van der Waals surface area contributed by atoms with Gasteiger partial charge in [-0.05, 0) is 34.1 Å². The Kier molecular flexibility index (Phi) is 3.78. The first-order valence-corrected chi connectivity index (χ1v) is 5.86. The van der Waals surface area contributed by atoms with Crippen LogP contribution >= 0.6 is 15.9 Å². The van der Waals surface area contributed by atoms with Crippen molar-refractivity contribution in [3.8, 4) is 0 Å². The lowest BCUT2D eigenvalue weighted by molar-refractivity contribution is 0.0942. The van der Waals surface area contributed by atoms with Crippen LogP contribution < -0.4 is 10.9 Å². The van der Waals surface area contributed by atoms with Crippen LogP contribution in [0.1, 0.15) is 16.1 Å². The van der Waals surface area contributed by atoms with Crippen LogP contribution in [-0.2, 0) is 0 Å². The Morgan fingerprint density at radius 1 is 1.39 bits per heavy atom. The zero-order chi connectivity index (χ0) is 13.0. The van der Waals surface area contributed by atoms with Gasteiger partial charge in [-0.2, -0.15) is 0 Å². The van der Waals surface area contributed by atoms with Crippen molar-refractivity contribution in [2.75, 3.05) is 0 Å². The number of nitrogens with one attached hydrogen (secondary N) is 2. The van der Waals surface area contributed by atoms with Crippen molar-refractivity contribution in [2.24, 2.45) is 0 Å². The molecule has 0 atom stereocenters. The molecule has 0 aliphatic heterocycles. The number of furan rings is 1. The maximum Gasteiger partial charge on any atom is 0.271 e. The molecule has 92 valence electrons. The number of hydrogen-bond donors (Lipinski definition) is 2. The summed E-state index contributed by atoms with van der Waals surface area (Å²) in [6.07, 6.45) is 4.60. The Morgan fingerprint density at radius 2 is 2.22 bits per heavy atom. The number of rotatable bonds is 4. The van der Waals surface area contributed by atoms with E-state index in [-0.39, 0.29) is 5.91 Å². The van der Waals surface area contributed by atoms with Gasteiger partial charge in [-0.3, -0.25) is 20.6 Å². The number of halogens is 1. The molecule has 5 nitrogen and oxygen atoms in total. The highest BCUT2D eigenvalue weighted by Crippen LogP contribution is 2.10. The van der Waals surface area contributed by atoms with Gasteiger partial charge in [0.25, 0.3) is 5.91 Å². The van der Waals surface area contributed by atoms with Gasteiger partial charge in [0, 0.05) is 16.9 Å². The molecule has 18 heavy (non-hydrogen) atoms. The van der Waals surface area contributed by atoms with E-state index in [4.69, 9.17) is 4.42 Å². The molecule has 2 aromatic rings. The number of carbonyl (C=O) groups excluding carboxylic acids is 1. The monoisotopic (exact) mass is 307 g/mol. The fraction of sp³-hybridized carbons (Fsp3) is 0. The second-order valence-electron chi connectivity index (χ2n) is 3.43. The highest BCUT2D eigenvalue weighted by atomic mass is 79.9. The third kappa shape index (κ3) is 2.98. The molecular weight excluding hydrogens is 298 g/mol. The van der Waals surface area contributed by atoms with Gasteiger partial charge in [0.2, 0.25) is 0 Å². The summed E-state index contributed by atoms with van der Waals surface area (Å²) >= 11 is 3.25. The molecule has 0 saturated heterocycles. The summed E-state index contributed by atoms with van der Waals surface area (Å²) in [5, 5.41) is 0. The number of hydrogen-bond acceptors (Lipinski definition) is 4. The van der Waals surface area contributed by atoms with Crippen LogP contribution in [0.4, 0.5) is 0 Å². The van der Waals surface area contributed by atoms with Crippen molar-refractivity contribution in [3.05, 3.63) is 59.2 Å². The van der Waals surface area contributed by atoms with Crippen LogP contribution in [0.25, 0.3) is 5.70 Å². The summed E-state index contributed by atoms with van der Waals surface area (Å²) < 4.78 is 5.86. The van der Waals surface area contributed by atoms with Crippen molar-refractivity contribution < 1.29 is 9.21 Å². The van der Waals surface area contributed by atoms with E-state index in [9.17, 15) is 4.79 Å². The van der Waals surface area contributed by atoms with Gasteiger partial charge in [0.1, 0.15) is 0 Å². The third-order valence-electron chi connectivity index (χ3n) is 2.11. The Hall–Kier alpha value is -2.08. The molecule has 2 aromatic heterocycles. The van der Waals surface area contributed by atoms with Crippen LogP contribution in [0.3, 0.4) is 0 Å². The quantitative estimate of drug-likeness (QED) is 0.851. The van der Waals surface area contributed by atoms with Gasteiger partial charge < -0.3 is 4.42 Å². The molecule has 6 heteroatoms. The number of pyridine rings is 1. The molecule has 0 radical (unpaired) electrons.